The van der Waals surface area contributed by atoms with E-state index in [0.29, 0.717) is 11.3 Å². The number of anilines is 1. The maximum atomic E-state index is 13.3. The Morgan fingerprint density at radius 1 is 0.771 bits per heavy atom. The normalized spacial score (nSPS) is 12.3. The summed E-state index contributed by atoms with van der Waals surface area (Å²) >= 11 is 0. The molecule has 180 valence electrons. The van der Waals surface area contributed by atoms with E-state index >= 15 is 0 Å². The molecule has 35 heavy (non-hydrogen) atoms. The van der Waals surface area contributed by atoms with E-state index in [1.165, 1.54) is 18.2 Å². The fraction of sp³-hybridized carbons (Fsp3) is 0.160. The summed E-state index contributed by atoms with van der Waals surface area (Å²) in [5.74, 6) is 0.142. The zero-order chi connectivity index (χ0) is 25.1. The van der Waals surface area contributed by atoms with Gasteiger partial charge in [0.05, 0.1) is 17.2 Å². The minimum atomic E-state index is -4.48. The Balaban J connectivity index is 1.94. The third-order valence-electron chi connectivity index (χ3n) is 5.56. The van der Waals surface area contributed by atoms with Gasteiger partial charge < -0.3 is 0 Å². The number of rotatable bonds is 7. The number of alkyl halides is 3. The van der Waals surface area contributed by atoms with Gasteiger partial charge in [-0.1, -0.05) is 30.3 Å². The summed E-state index contributed by atoms with van der Waals surface area (Å²) in [5.41, 5.74) is 0.765. The van der Waals surface area contributed by atoms with Gasteiger partial charge in [-0.15, -0.1) is 0 Å². The number of sulfonamides is 1. The van der Waals surface area contributed by atoms with Crippen molar-refractivity contribution in [3.05, 3.63) is 119 Å². The summed E-state index contributed by atoms with van der Waals surface area (Å²) in [4.78, 5) is 13.0. The molecule has 0 saturated carbocycles. The zero-order valence-corrected chi connectivity index (χ0v) is 19.4. The first-order valence-electron chi connectivity index (χ1n) is 10.5. The Morgan fingerprint density at radius 3 is 1.83 bits per heavy atom. The molecule has 0 saturated heterocycles. The Bertz CT molecular complexity index is 1360. The average Bonchev–Trinajstić information content (AvgIpc) is 2.82. The summed E-state index contributed by atoms with van der Waals surface area (Å²) in [7, 11) is -3.55. The predicted octanol–water partition coefficient (Wildman–Crippen LogP) is 4.84. The van der Waals surface area contributed by atoms with Crippen molar-refractivity contribution in [1.82, 2.24) is 15.0 Å². The summed E-state index contributed by atoms with van der Waals surface area (Å²) in [6.07, 6.45) is 3.29. The van der Waals surface area contributed by atoms with E-state index < -0.39 is 27.2 Å². The van der Waals surface area contributed by atoms with E-state index in [4.69, 9.17) is 0 Å². The van der Waals surface area contributed by atoms with Crippen molar-refractivity contribution in [3.8, 4) is 0 Å². The molecule has 4 aromatic rings. The number of hydrogen-bond donors (Lipinski definition) is 1. The molecular weight excluding hydrogens is 477 g/mol. The van der Waals surface area contributed by atoms with Crippen LogP contribution in [0.15, 0.2) is 91.5 Å². The third-order valence-corrected chi connectivity index (χ3v) is 6.14. The van der Waals surface area contributed by atoms with Gasteiger partial charge in [-0.05, 0) is 53.1 Å². The van der Waals surface area contributed by atoms with Crippen LogP contribution in [0.2, 0.25) is 0 Å². The lowest BCUT2D eigenvalue weighted by Gasteiger charge is -2.35. The topological polar surface area (TPSA) is 84.8 Å². The monoisotopic (exact) mass is 498 g/mol. The maximum Gasteiger partial charge on any atom is 0.416 e. The second kappa shape index (κ2) is 9.46. The first-order chi connectivity index (χ1) is 16.6. The van der Waals surface area contributed by atoms with Crippen LogP contribution in [-0.2, 0) is 28.0 Å². The highest BCUT2D eigenvalue weighted by molar-refractivity contribution is 7.92. The van der Waals surface area contributed by atoms with Crippen LogP contribution in [0.4, 0.5) is 19.0 Å². The van der Waals surface area contributed by atoms with Crippen molar-refractivity contribution in [2.45, 2.75) is 18.0 Å². The largest absolute Gasteiger partial charge is 0.416 e. The van der Waals surface area contributed by atoms with Gasteiger partial charge in [0.25, 0.3) is 0 Å². The van der Waals surface area contributed by atoms with Gasteiger partial charge in [-0.2, -0.15) is 13.2 Å². The number of aromatic nitrogens is 3. The van der Waals surface area contributed by atoms with Crippen molar-refractivity contribution in [2.24, 2.45) is 0 Å². The molecule has 1 N–H and O–H groups in total. The quantitative estimate of drug-likeness (QED) is 0.394. The molecule has 1 aromatic carbocycles. The first-order valence-corrected chi connectivity index (χ1v) is 12.4. The van der Waals surface area contributed by atoms with Crippen molar-refractivity contribution in [2.75, 3.05) is 11.0 Å². The van der Waals surface area contributed by atoms with Gasteiger partial charge in [-0.25, -0.2) is 13.4 Å². The van der Waals surface area contributed by atoms with E-state index in [-0.39, 0.29) is 12.2 Å². The Morgan fingerprint density at radius 2 is 1.34 bits per heavy atom. The lowest BCUT2D eigenvalue weighted by atomic mass is 9.67. The fourth-order valence-corrected chi connectivity index (χ4v) is 4.57. The number of pyridine rings is 3. The Hall–Kier alpha value is -3.79. The molecule has 3 heterocycles. The summed E-state index contributed by atoms with van der Waals surface area (Å²) < 4.78 is 65.7. The van der Waals surface area contributed by atoms with E-state index in [0.717, 1.165) is 29.5 Å². The lowest BCUT2D eigenvalue weighted by Crippen LogP contribution is -2.33. The molecule has 0 radical (unpaired) electrons. The van der Waals surface area contributed by atoms with Crippen LogP contribution in [0, 0.1) is 0 Å². The number of halogens is 3. The van der Waals surface area contributed by atoms with E-state index in [1.54, 1.807) is 49.1 Å². The van der Waals surface area contributed by atoms with Crippen LogP contribution in [0.3, 0.4) is 0 Å². The van der Waals surface area contributed by atoms with Gasteiger partial charge in [0.2, 0.25) is 10.0 Å². The van der Waals surface area contributed by atoms with Crippen molar-refractivity contribution >= 4 is 15.8 Å². The lowest BCUT2D eigenvalue weighted by molar-refractivity contribution is -0.137. The molecule has 0 unspecified atom stereocenters. The number of hydrogen-bond acceptors (Lipinski definition) is 5. The van der Waals surface area contributed by atoms with Gasteiger partial charge in [-0.3, -0.25) is 14.7 Å². The highest BCUT2D eigenvalue weighted by Crippen LogP contribution is 2.42. The number of nitrogens with one attached hydrogen (secondary N) is 1. The standard InChI is InChI=1S/C25H21F3N4O2S/c1-35(33,34)32-23-8-2-7-22(31-23)15-24(20-5-3-13-29-16-20,21-6-4-14-30-17-21)18-9-11-19(12-10-18)25(26,27)28/h2-14,16-17H,15H2,1H3,(H,31,32). The van der Waals surface area contributed by atoms with E-state index in [2.05, 4.69) is 19.7 Å². The van der Waals surface area contributed by atoms with Crippen LogP contribution >= 0.6 is 0 Å². The molecule has 0 amide bonds. The molecule has 0 atom stereocenters. The summed E-state index contributed by atoms with van der Waals surface area (Å²) in [6.45, 7) is 0. The van der Waals surface area contributed by atoms with Crippen LogP contribution in [-0.4, -0.2) is 29.6 Å². The maximum absolute atomic E-state index is 13.3. The van der Waals surface area contributed by atoms with Crippen molar-refractivity contribution < 1.29 is 21.6 Å². The highest BCUT2D eigenvalue weighted by Gasteiger charge is 2.39. The smallest absolute Gasteiger partial charge is 0.268 e. The molecule has 0 aliphatic heterocycles. The number of benzene rings is 1. The fourth-order valence-electron chi connectivity index (χ4n) is 4.08. The van der Waals surface area contributed by atoms with E-state index in [9.17, 15) is 21.6 Å². The van der Waals surface area contributed by atoms with Gasteiger partial charge in [0, 0.05) is 36.9 Å². The van der Waals surface area contributed by atoms with Crippen LogP contribution in [0.25, 0.3) is 0 Å². The number of nitrogens with zero attached hydrogens (tertiary/aromatic N) is 3. The van der Waals surface area contributed by atoms with Crippen LogP contribution in [0.5, 0.6) is 0 Å². The first kappa shape index (κ1) is 24.3. The zero-order valence-electron chi connectivity index (χ0n) is 18.6. The van der Waals surface area contributed by atoms with Crippen molar-refractivity contribution in [3.63, 3.8) is 0 Å². The molecule has 0 bridgehead atoms. The van der Waals surface area contributed by atoms with Crippen molar-refractivity contribution in [1.29, 1.82) is 0 Å². The molecule has 4 rings (SSSR count). The Kier molecular flexibility index (Phi) is 6.58. The van der Waals surface area contributed by atoms with E-state index in [1.807, 2.05) is 12.1 Å². The third kappa shape index (κ3) is 5.48. The van der Waals surface area contributed by atoms with Gasteiger partial charge in [0.15, 0.2) is 0 Å². The highest BCUT2D eigenvalue weighted by atomic mass is 32.2. The Labute approximate surface area is 201 Å². The van der Waals surface area contributed by atoms with Crippen LogP contribution < -0.4 is 4.72 Å². The van der Waals surface area contributed by atoms with Gasteiger partial charge in [0.1, 0.15) is 5.82 Å². The molecule has 10 heteroatoms. The molecule has 3 aromatic heterocycles. The second-order valence-corrected chi connectivity index (χ2v) is 9.78. The molecular formula is C25H21F3N4O2S. The van der Waals surface area contributed by atoms with Gasteiger partial charge >= 0.3 is 6.18 Å². The molecule has 0 spiro atoms. The summed E-state index contributed by atoms with van der Waals surface area (Å²) in [6, 6.07) is 17.1. The minimum absolute atomic E-state index is 0.142. The second-order valence-electron chi connectivity index (χ2n) is 8.03. The van der Waals surface area contributed by atoms with Crippen LogP contribution in [0.1, 0.15) is 27.9 Å². The minimum Gasteiger partial charge on any atom is -0.268 e. The SMILES string of the molecule is CS(=O)(=O)Nc1cccc(CC(c2ccc(C(F)(F)F)cc2)(c2cccnc2)c2cccnc2)n1. The average molecular weight is 499 g/mol. The predicted molar refractivity (Wildman–Crippen MR) is 126 cm³/mol. The summed E-state index contributed by atoms with van der Waals surface area (Å²) in [5, 5.41) is 0. The molecule has 0 aliphatic rings. The molecule has 0 fully saturated rings. The molecule has 6 nitrogen and oxygen atoms in total. The molecule has 0 aliphatic carbocycles.